The van der Waals surface area contributed by atoms with Gasteiger partial charge in [0.15, 0.2) is 5.72 Å². The largest absolute Gasteiger partial charge is 0.497 e. The third-order valence-corrected chi connectivity index (χ3v) is 6.87. The Kier molecular flexibility index (Phi) is 4.24. The van der Waals surface area contributed by atoms with Crippen molar-refractivity contribution in [1.82, 2.24) is 5.01 Å². The van der Waals surface area contributed by atoms with Gasteiger partial charge in [-0.2, -0.15) is 5.10 Å². The van der Waals surface area contributed by atoms with Gasteiger partial charge in [-0.05, 0) is 70.7 Å². The van der Waals surface area contributed by atoms with E-state index < -0.39 is 0 Å². The van der Waals surface area contributed by atoms with E-state index >= 15 is 0 Å². The summed E-state index contributed by atoms with van der Waals surface area (Å²) in [5.74, 6) is 1.84. The summed E-state index contributed by atoms with van der Waals surface area (Å²) in [6, 6.07) is 12.6. The number of hydrazone groups is 1. The molecule has 0 N–H and O–H groups in total. The fraction of sp³-hybridized carbons (Fsp3) is 0.381. The van der Waals surface area contributed by atoms with Crippen LogP contribution in [0.3, 0.4) is 0 Å². The zero-order valence-electron chi connectivity index (χ0n) is 15.0. The lowest BCUT2D eigenvalue weighted by Crippen LogP contribution is -2.51. The van der Waals surface area contributed by atoms with Crippen molar-refractivity contribution in [2.24, 2.45) is 5.10 Å². The molecule has 1 aliphatic carbocycles. The number of halogens is 2. The average Bonchev–Trinajstić information content (AvgIpc) is 3.32. The number of fused-ring (bicyclic) bond motifs is 4. The van der Waals surface area contributed by atoms with E-state index in [2.05, 4.69) is 61.1 Å². The van der Waals surface area contributed by atoms with Crippen LogP contribution < -0.4 is 9.47 Å². The number of methoxy groups -OCH3 is 1. The molecule has 1 fully saturated rings. The van der Waals surface area contributed by atoms with Crippen molar-refractivity contribution >= 4 is 37.6 Å². The number of nitrogens with zero attached hydrogens (tertiary/aromatic N) is 2. The van der Waals surface area contributed by atoms with Crippen LogP contribution in [-0.2, 0) is 0 Å². The maximum Gasteiger partial charge on any atom is 0.198 e. The fourth-order valence-electron chi connectivity index (χ4n) is 4.52. The van der Waals surface area contributed by atoms with Crippen LogP contribution in [0, 0.1) is 0 Å². The van der Waals surface area contributed by atoms with E-state index in [1.165, 1.54) is 18.4 Å². The van der Waals surface area contributed by atoms with Crippen molar-refractivity contribution in [2.45, 2.75) is 43.9 Å². The summed E-state index contributed by atoms with van der Waals surface area (Å²) < 4.78 is 14.0. The minimum Gasteiger partial charge on any atom is -0.497 e. The zero-order valence-corrected chi connectivity index (χ0v) is 18.2. The first-order chi connectivity index (χ1) is 13.1. The number of ether oxygens (including phenoxy) is 2. The number of rotatable bonds is 2. The maximum atomic E-state index is 6.63. The normalized spacial score (nSPS) is 22.3. The molecule has 2 aromatic rings. The zero-order chi connectivity index (χ0) is 18.6. The lowest BCUT2D eigenvalue weighted by Gasteiger charge is -2.46. The van der Waals surface area contributed by atoms with Crippen molar-refractivity contribution in [3.63, 3.8) is 0 Å². The molecular weight excluding hydrogens is 472 g/mol. The average molecular weight is 492 g/mol. The molecule has 0 saturated heterocycles. The second-order valence-corrected chi connectivity index (χ2v) is 9.17. The molecular formula is C21H20Br2N2O2. The lowest BCUT2D eigenvalue weighted by molar-refractivity contribution is -0.114. The second-order valence-electron chi connectivity index (χ2n) is 7.40. The minimum atomic E-state index is -0.317. The summed E-state index contributed by atoms with van der Waals surface area (Å²) in [6.45, 7) is 0. The Labute approximate surface area is 175 Å². The Bertz CT molecular complexity index is 921. The Morgan fingerprint density at radius 1 is 1.15 bits per heavy atom. The predicted octanol–water partition coefficient (Wildman–Crippen LogP) is 6.03. The first-order valence-corrected chi connectivity index (χ1v) is 10.9. The van der Waals surface area contributed by atoms with Gasteiger partial charge in [0.05, 0.1) is 23.3 Å². The molecule has 1 atom stereocenters. The van der Waals surface area contributed by atoms with Crippen LogP contribution in [0.15, 0.2) is 50.4 Å². The molecule has 0 unspecified atom stereocenters. The monoisotopic (exact) mass is 490 g/mol. The van der Waals surface area contributed by atoms with Gasteiger partial charge in [-0.1, -0.05) is 15.9 Å². The van der Waals surface area contributed by atoms with Gasteiger partial charge in [0.1, 0.15) is 11.5 Å². The Morgan fingerprint density at radius 3 is 2.59 bits per heavy atom. The molecule has 0 aromatic heterocycles. The van der Waals surface area contributed by atoms with Gasteiger partial charge in [0.25, 0.3) is 0 Å². The van der Waals surface area contributed by atoms with Crippen LogP contribution >= 0.6 is 31.9 Å². The molecule has 1 saturated carbocycles. The predicted molar refractivity (Wildman–Crippen MR) is 112 cm³/mol. The molecule has 0 bridgehead atoms. The van der Waals surface area contributed by atoms with Crippen LogP contribution in [0.1, 0.15) is 49.3 Å². The molecule has 5 rings (SSSR count). The van der Waals surface area contributed by atoms with Gasteiger partial charge < -0.3 is 9.47 Å². The van der Waals surface area contributed by atoms with E-state index in [0.717, 1.165) is 51.0 Å². The summed E-state index contributed by atoms with van der Waals surface area (Å²) >= 11 is 7.35. The summed E-state index contributed by atoms with van der Waals surface area (Å²) in [5, 5.41) is 7.33. The Morgan fingerprint density at radius 2 is 1.89 bits per heavy atom. The van der Waals surface area contributed by atoms with Crippen molar-refractivity contribution < 1.29 is 9.47 Å². The van der Waals surface area contributed by atoms with Crippen LogP contribution in [0.25, 0.3) is 0 Å². The third kappa shape index (κ3) is 2.80. The maximum absolute atomic E-state index is 6.63. The summed E-state index contributed by atoms with van der Waals surface area (Å²) in [6.07, 6.45) is 5.28. The molecule has 27 heavy (non-hydrogen) atoms. The molecule has 2 aromatic carbocycles. The number of hydrogen-bond acceptors (Lipinski definition) is 4. The van der Waals surface area contributed by atoms with E-state index in [1.807, 2.05) is 12.1 Å². The van der Waals surface area contributed by atoms with E-state index in [4.69, 9.17) is 14.6 Å². The standard InChI is InChI=1S/C21H20Br2N2O2/c1-26-15-6-4-13(5-7-15)18-12-19-16-10-14(22)11-17(23)20(16)27-21(25(19)24-18)8-2-3-9-21/h4-7,10-11,19H,2-3,8-9,12H2,1H3/t19-/m1/s1. The summed E-state index contributed by atoms with van der Waals surface area (Å²) in [5.41, 5.74) is 3.14. The first-order valence-electron chi connectivity index (χ1n) is 9.29. The van der Waals surface area contributed by atoms with E-state index in [-0.39, 0.29) is 11.8 Å². The van der Waals surface area contributed by atoms with Crippen LogP contribution in [0.5, 0.6) is 11.5 Å². The summed E-state index contributed by atoms with van der Waals surface area (Å²) in [4.78, 5) is 0. The van der Waals surface area contributed by atoms with Crippen LogP contribution in [0.2, 0.25) is 0 Å². The highest BCUT2D eigenvalue weighted by Crippen LogP contribution is 2.54. The second kappa shape index (κ2) is 6.52. The van der Waals surface area contributed by atoms with Gasteiger partial charge in [0, 0.05) is 29.3 Å². The Balaban J connectivity index is 1.59. The molecule has 0 amide bonds. The summed E-state index contributed by atoms with van der Waals surface area (Å²) in [7, 11) is 1.69. The molecule has 0 radical (unpaired) electrons. The SMILES string of the molecule is COc1ccc(C2=NN3[C@H](C2)c2cc(Br)cc(Br)c2OC32CCCC2)cc1. The van der Waals surface area contributed by atoms with Crippen molar-refractivity contribution in [3.8, 4) is 11.5 Å². The van der Waals surface area contributed by atoms with Gasteiger partial charge >= 0.3 is 0 Å². The van der Waals surface area contributed by atoms with E-state index in [0.29, 0.717) is 0 Å². The van der Waals surface area contributed by atoms with Crippen molar-refractivity contribution in [3.05, 3.63) is 56.5 Å². The van der Waals surface area contributed by atoms with Gasteiger partial charge in [-0.25, -0.2) is 5.01 Å². The highest BCUT2D eigenvalue weighted by Gasteiger charge is 2.52. The van der Waals surface area contributed by atoms with Crippen molar-refractivity contribution in [2.75, 3.05) is 7.11 Å². The molecule has 140 valence electrons. The van der Waals surface area contributed by atoms with Crippen molar-refractivity contribution in [1.29, 1.82) is 0 Å². The molecule has 3 aliphatic rings. The minimum absolute atomic E-state index is 0.206. The fourth-order valence-corrected chi connectivity index (χ4v) is 5.86. The Hall–Kier alpha value is -1.53. The number of hydrogen-bond donors (Lipinski definition) is 0. The quantitative estimate of drug-likeness (QED) is 0.514. The topological polar surface area (TPSA) is 34.1 Å². The van der Waals surface area contributed by atoms with Gasteiger partial charge in [-0.15, -0.1) is 0 Å². The molecule has 6 heteroatoms. The van der Waals surface area contributed by atoms with E-state index in [1.54, 1.807) is 7.11 Å². The highest BCUT2D eigenvalue weighted by atomic mass is 79.9. The number of benzene rings is 2. The van der Waals surface area contributed by atoms with E-state index in [9.17, 15) is 0 Å². The molecule has 2 heterocycles. The third-order valence-electron chi connectivity index (χ3n) is 5.82. The highest BCUT2D eigenvalue weighted by molar-refractivity contribution is 9.11. The lowest BCUT2D eigenvalue weighted by atomic mass is 9.94. The smallest absolute Gasteiger partial charge is 0.198 e. The molecule has 1 spiro atoms. The molecule has 2 aliphatic heterocycles. The van der Waals surface area contributed by atoms with Crippen LogP contribution in [-0.4, -0.2) is 23.6 Å². The first kappa shape index (κ1) is 17.6. The van der Waals surface area contributed by atoms with Gasteiger partial charge in [-0.3, -0.25) is 0 Å². The molecule has 4 nitrogen and oxygen atoms in total. The van der Waals surface area contributed by atoms with Crippen LogP contribution in [0.4, 0.5) is 0 Å². The van der Waals surface area contributed by atoms with Gasteiger partial charge in [0.2, 0.25) is 0 Å².